The van der Waals surface area contributed by atoms with Gasteiger partial charge >= 0.3 is 5.97 Å². The van der Waals surface area contributed by atoms with Gasteiger partial charge in [-0.05, 0) is 52.6 Å². The summed E-state index contributed by atoms with van der Waals surface area (Å²) in [6.45, 7) is 5.61. The minimum Gasteiger partial charge on any atom is -0.312 e. The van der Waals surface area contributed by atoms with E-state index in [9.17, 15) is 9.59 Å². The molecular formula is C17H16BrNO3. The molecule has 0 aliphatic heterocycles. The minimum atomic E-state index is -0.534. The molecular weight excluding hydrogens is 346 g/mol. The quantitative estimate of drug-likeness (QED) is 0.463. The van der Waals surface area contributed by atoms with E-state index in [-0.39, 0.29) is 11.7 Å². The molecule has 22 heavy (non-hydrogen) atoms. The van der Waals surface area contributed by atoms with Crippen LogP contribution in [0, 0.1) is 5.92 Å². The van der Waals surface area contributed by atoms with Crippen LogP contribution in [-0.4, -0.2) is 17.5 Å². The van der Waals surface area contributed by atoms with Gasteiger partial charge in [0.1, 0.15) is 5.71 Å². The Morgan fingerprint density at radius 3 is 2.45 bits per heavy atom. The largest absolute Gasteiger partial charge is 0.365 e. The van der Waals surface area contributed by atoms with Gasteiger partial charge in [-0.15, -0.1) is 0 Å². The number of hydrogen-bond donors (Lipinski definition) is 0. The second-order valence-corrected chi connectivity index (χ2v) is 6.04. The lowest BCUT2D eigenvalue weighted by molar-refractivity contribution is -0.112. The molecule has 0 N–H and O–H groups in total. The van der Waals surface area contributed by atoms with Crippen molar-refractivity contribution in [1.29, 1.82) is 0 Å². The Bertz CT molecular complexity index is 700. The second kappa shape index (κ2) is 6.83. The van der Waals surface area contributed by atoms with Crippen molar-refractivity contribution in [3.63, 3.8) is 0 Å². The SMILES string of the molecule is CC1=C(Br)C(=O)C(C(C)C)=C/C1=N/OC(=O)c1ccccc1. The minimum absolute atomic E-state index is 0.0548. The Balaban J connectivity index is 2.26. The molecule has 1 aliphatic rings. The first-order valence-electron chi connectivity index (χ1n) is 6.89. The van der Waals surface area contributed by atoms with E-state index in [0.717, 1.165) is 0 Å². The zero-order chi connectivity index (χ0) is 16.3. The zero-order valence-electron chi connectivity index (χ0n) is 12.6. The normalized spacial score (nSPS) is 17.0. The number of nitrogens with zero attached hydrogens (tertiary/aromatic N) is 1. The molecule has 0 unspecified atom stereocenters. The smallest absolute Gasteiger partial charge is 0.312 e. The molecule has 1 aromatic rings. The van der Waals surface area contributed by atoms with Crippen molar-refractivity contribution < 1.29 is 14.4 Å². The highest BCUT2D eigenvalue weighted by Gasteiger charge is 2.25. The van der Waals surface area contributed by atoms with Crippen molar-refractivity contribution in [2.45, 2.75) is 20.8 Å². The van der Waals surface area contributed by atoms with Gasteiger partial charge in [0.15, 0.2) is 5.78 Å². The summed E-state index contributed by atoms with van der Waals surface area (Å²) in [6, 6.07) is 8.63. The van der Waals surface area contributed by atoms with Crippen LogP contribution in [0.5, 0.6) is 0 Å². The van der Waals surface area contributed by atoms with E-state index < -0.39 is 5.97 Å². The number of hydrogen-bond acceptors (Lipinski definition) is 4. The Labute approximate surface area is 137 Å². The molecule has 2 rings (SSSR count). The summed E-state index contributed by atoms with van der Waals surface area (Å²) in [5, 5.41) is 3.91. The topological polar surface area (TPSA) is 55.7 Å². The van der Waals surface area contributed by atoms with Crippen LogP contribution >= 0.6 is 15.9 Å². The average Bonchev–Trinajstić information content (AvgIpc) is 2.52. The summed E-state index contributed by atoms with van der Waals surface area (Å²) in [5.41, 5.74) is 2.18. The van der Waals surface area contributed by atoms with Crippen LogP contribution in [0.25, 0.3) is 0 Å². The summed E-state index contributed by atoms with van der Waals surface area (Å²) >= 11 is 3.29. The molecule has 5 heteroatoms. The standard InChI is InChI=1S/C17H16BrNO3/c1-10(2)13-9-14(11(3)15(18)16(13)20)19-22-17(21)12-7-5-4-6-8-12/h4-10H,1-3H3/b19-14-. The molecule has 0 aromatic heterocycles. The fourth-order valence-corrected chi connectivity index (χ4v) is 2.40. The zero-order valence-corrected chi connectivity index (χ0v) is 14.2. The highest BCUT2D eigenvalue weighted by atomic mass is 79.9. The van der Waals surface area contributed by atoms with E-state index in [4.69, 9.17) is 4.84 Å². The average molecular weight is 362 g/mol. The van der Waals surface area contributed by atoms with Crippen LogP contribution in [0.15, 0.2) is 57.2 Å². The van der Waals surface area contributed by atoms with E-state index in [2.05, 4.69) is 21.1 Å². The molecule has 1 aliphatic carbocycles. The maximum Gasteiger partial charge on any atom is 0.365 e. The third kappa shape index (κ3) is 3.42. The summed E-state index contributed by atoms with van der Waals surface area (Å²) in [4.78, 5) is 29.0. The fraction of sp³-hybridized carbons (Fsp3) is 0.235. The Morgan fingerprint density at radius 2 is 1.86 bits per heavy atom. The van der Waals surface area contributed by atoms with E-state index in [1.165, 1.54) is 0 Å². The van der Waals surface area contributed by atoms with Crippen LogP contribution in [0.4, 0.5) is 0 Å². The van der Waals surface area contributed by atoms with Gasteiger partial charge in [-0.1, -0.05) is 37.2 Å². The number of carbonyl (C=O) groups is 2. The number of carbonyl (C=O) groups excluding carboxylic acids is 2. The van der Waals surface area contributed by atoms with Gasteiger partial charge in [-0.2, -0.15) is 0 Å². The molecule has 0 spiro atoms. The Hall–Kier alpha value is -2.01. The first-order chi connectivity index (χ1) is 10.4. The number of benzene rings is 1. The third-order valence-corrected chi connectivity index (χ3v) is 4.28. The lowest BCUT2D eigenvalue weighted by Crippen LogP contribution is -2.19. The molecule has 0 amide bonds. The monoisotopic (exact) mass is 361 g/mol. The molecule has 4 nitrogen and oxygen atoms in total. The van der Waals surface area contributed by atoms with Crippen molar-refractivity contribution in [1.82, 2.24) is 0 Å². The summed E-state index contributed by atoms with van der Waals surface area (Å²) in [6.07, 6.45) is 1.67. The number of ketones is 1. The molecule has 0 radical (unpaired) electrons. The van der Waals surface area contributed by atoms with Crippen molar-refractivity contribution in [2.75, 3.05) is 0 Å². The number of oxime groups is 1. The van der Waals surface area contributed by atoms with E-state index in [1.54, 1.807) is 37.3 Å². The molecule has 1 aromatic carbocycles. The number of allylic oxidation sites excluding steroid dienone is 4. The summed E-state index contributed by atoms with van der Waals surface area (Å²) in [7, 11) is 0. The Morgan fingerprint density at radius 1 is 1.23 bits per heavy atom. The summed E-state index contributed by atoms with van der Waals surface area (Å²) in [5.74, 6) is -0.530. The van der Waals surface area contributed by atoms with Crippen molar-refractivity contribution >= 4 is 33.4 Å². The number of halogens is 1. The van der Waals surface area contributed by atoms with Gasteiger partial charge in [-0.25, -0.2) is 4.79 Å². The van der Waals surface area contributed by atoms with Gasteiger partial charge in [-0.3, -0.25) is 4.79 Å². The lowest BCUT2D eigenvalue weighted by atomic mass is 9.90. The number of rotatable bonds is 3. The van der Waals surface area contributed by atoms with Crippen LogP contribution in [0.3, 0.4) is 0 Å². The maximum atomic E-state index is 12.1. The van der Waals surface area contributed by atoms with Gasteiger partial charge in [0.25, 0.3) is 0 Å². The van der Waals surface area contributed by atoms with Gasteiger partial charge in [0, 0.05) is 5.57 Å². The number of Topliss-reactive ketones (excluding diaryl/α,β-unsaturated/α-hetero) is 1. The van der Waals surface area contributed by atoms with Gasteiger partial charge in [0.2, 0.25) is 0 Å². The maximum absolute atomic E-state index is 12.1. The third-order valence-electron chi connectivity index (χ3n) is 3.33. The van der Waals surface area contributed by atoms with E-state index in [1.807, 2.05) is 19.9 Å². The highest BCUT2D eigenvalue weighted by Crippen LogP contribution is 2.28. The summed E-state index contributed by atoms with van der Waals surface area (Å²) < 4.78 is 0.452. The van der Waals surface area contributed by atoms with Crippen LogP contribution in [0.1, 0.15) is 31.1 Å². The molecule has 0 fully saturated rings. The first kappa shape index (κ1) is 16.4. The molecule has 0 bridgehead atoms. The van der Waals surface area contributed by atoms with Crippen LogP contribution < -0.4 is 0 Å². The van der Waals surface area contributed by atoms with Crippen LogP contribution in [0.2, 0.25) is 0 Å². The van der Waals surface area contributed by atoms with E-state index >= 15 is 0 Å². The predicted octanol–water partition coefficient (Wildman–Crippen LogP) is 4.03. The van der Waals surface area contributed by atoms with E-state index in [0.29, 0.717) is 26.9 Å². The molecule has 114 valence electrons. The van der Waals surface area contributed by atoms with Crippen molar-refractivity contribution in [3.05, 3.63) is 57.6 Å². The highest BCUT2D eigenvalue weighted by molar-refractivity contribution is 9.12. The van der Waals surface area contributed by atoms with Crippen LogP contribution in [-0.2, 0) is 9.63 Å². The molecule has 0 heterocycles. The lowest BCUT2D eigenvalue weighted by Gasteiger charge is -2.17. The van der Waals surface area contributed by atoms with Crippen molar-refractivity contribution in [2.24, 2.45) is 11.1 Å². The fourth-order valence-electron chi connectivity index (χ4n) is 1.97. The molecule has 0 atom stereocenters. The van der Waals surface area contributed by atoms with Crippen molar-refractivity contribution in [3.8, 4) is 0 Å². The van der Waals surface area contributed by atoms with Gasteiger partial charge < -0.3 is 4.84 Å². The Kier molecular flexibility index (Phi) is 5.08. The van der Waals surface area contributed by atoms with Gasteiger partial charge in [0.05, 0.1) is 10.0 Å². The molecule has 0 saturated heterocycles. The first-order valence-corrected chi connectivity index (χ1v) is 7.68. The molecule has 0 saturated carbocycles. The second-order valence-electron chi connectivity index (χ2n) is 5.24. The predicted molar refractivity (Wildman–Crippen MR) is 88.8 cm³/mol.